The first-order chi connectivity index (χ1) is 11.6. The fourth-order valence-electron chi connectivity index (χ4n) is 2.14. The number of benzene rings is 2. The van der Waals surface area contributed by atoms with Crippen molar-refractivity contribution in [3.05, 3.63) is 75.2 Å². The number of rotatable bonds is 5. The molecule has 2 aromatic carbocycles. The molecular formula is C18H14Cl2N2OS. The average molecular weight is 377 g/mol. The highest BCUT2D eigenvalue weighted by Crippen LogP contribution is 2.25. The Balaban J connectivity index is 1.57. The van der Waals surface area contributed by atoms with Crippen molar-refractivity contribution in [1.29, 1.82) is 0 Å². The second-order valence-corrected chi connectivity index (χ2v) is 6.96. The number of halogens is 2. The fraction of sp³-hybridized carbons (Fsp3) is 0.111. The van der Waals surface area contributed by atoms with E-state index < -0.39 is 0 Å². The molecule has 1 aromatic heterocycles. The van der Waals surface area contributed by atoms with Crippen LogP contribution in [0.4, 0.5) is 0 Å². The van der Waals surface area contributed by atoms with Crippen LogP contribution in [0.1, 0.15) is 11.3 Å². The first-order valence-corrected chi connectivity index (χ1v) is 8.95. The van der Waals surface area contributed by atoms with Crippen LogP contribution in [0.25, 0.3) is 10.6 Å². The molecule has 1 heterocycles. The zero-order chi connectivity index (χ0) is 16.9. The summed E-state index contributed by atoms with van der Waals surface area (Å²) in [5.74, 6) is -0.0575. The molecule has 0 bridgehead atoms. The van der Waals surface area contributed by atoms with Crippen LogP contribution in [-0.4, -0.2) is 10.9 Å². The zero-order valence-electron chi connectivity index (χ0n) is 12.6. The Hall–Kier alpha value is -1.88. The molecule has 3 nitrogen and oxygen atoms in total. The summed E-state index contributed by atoms with van der Waals surface area (Å²) >= 11 is 13.2. The van der Waals surface area contributed by atoms with Gasteiger partial charge in [-0.1, -0.05) is 47.5 Å². The second-order valence-electron chi connectivity index (χ2n) is 5.23. The number of nitrogens with zero attached hydrogens (tertiary/aromatic N) is 1. The molecule has 0 aliphatic carbocycles. The summed E-state index contributed by atoms with van der Waals surface area (Å²) in [5, 5.41) is 7.05. The van der Waals surface area contributed by atoms with Crippen LogP contribution in [0.2, 0.25) is 10.0 Å². The highest BCUT2D eigenvalue weighted by atomic mass is 35.5. The van der Waals surface area contributed by atoms with Crippen LogP contribution in [0.5, 0.6) is 0 Å². The SMILES string of the molecule is O=C(Cc1csc(-c2ccc(Cl)cc2)n1)NCc1ccc(Cl)cc1. The predicted molar refractivity (Wildman–Crippen MR) is 99.6 cm³/mol. The summed E-state index contributed by atoms with van der Waals surface area (Å²) < 4.78 is 0. The summed E-state index contributed by atoms with van der Waals surface area (Å²) in [6.07, 6.45) is 0.262. The third-order valence-electron chi connectivity index (χ3n) is 3.39. The van der Waals surface area contributed by atoms with Crippen LogP contribution >= 0.6 is 34.5 Å². The molecule has 6 heteroatoms. The molecule has 0 saturated carbocycles. The van der Waals surface area contributed by atoms with Gasteiger partial charge in [0.25, 0.3) is 0 Å². The molecule has 0 saturated heterocycles. The molecule has 0 aliphatic heterocycles. The van der Waals surface area contributed by atoms with Crippen molar-refractivity contribution in [2.75, 3.05) is 0 Å². The molecule has 0 radical (unpaired) electrons. The monoisotopic (exact) mass is 376 g/mol. The van der Waals surface area contributed by atoms with Crippen LogP contribution < -0.4 is 5.32 Å². The second kappa shape index (κ2) is 7.79. The largest absolute Gasteiger partial charge is 0.352 e. The minimum Gasteiger partial charge on any atom is -0.352 e. The van der Waals surface area contributed by atoms with Crippen LogP contribution in [0.15, 0.2) is 53.9 Å². The Kier molecular flexibility index (Phi) is 5.51. The number of aromatic nitrogens is 1. The molecule has 3 aromatic rings. The van der Waals surface area contributed by atoms with E-state index in [0.29, 0.717) is 16.6 Å². The number of hydrogen-bond donors (Lipinski definition) is 1. The van der Waals surface area contributed by atoms with Crippen molar-refractivity contribution in [1.82, 2.24) is 10.3 Å². The molecule has 122 valence electrons. The van der Waals surface area contributed by atoms with Crippen molar-refractivity contribution >= 4 is 40.4 Å². The van der Waals surface area contributed by atoms with E-state index in [1.165, 1.54) is 11.3 Å². The number of thiazole rings is 1. The number of nitrogens with one attached hydrogen (secondary N) is 1. The van der Waals surface area contributed by atoms with Crippen molar-refractivity contribution in [3.63, 3.8) is 0 Å². The van der Waals surface area contributed by atoms with E-state index >= 15 is 0 Å². The lowest BCUT2D eigenvalue weighted by Gasteiger charge is -2.04. The van der Waals surface area contributed by atoms with E-state index in [4.69, 9.17) is 23.2 Å². The van der Waals surface area contributed by atoms with Crippen molar-refractivity contribution in [2.45, 2.75) is 13.0 Å². The first kappa shape index (κ1) is 17.0. The van der Waals surface area contributed by atoms with E-state index in [1.54, 1.807) is 0 Å². The summed E-state index contributed by atoms with van der Waals surface area (Å²) in [6.45, 7) is 0.476. The number of carbonyl (C=O) groups is 1. The van der Waals surface area contributed by atoms with Crippen LogP contribution in [-0.2, 0) is 17.8 Å². The maximum absolute atomic E-state index is 12.1. The van der Waals surface area contributed by atoms with Gasteiger partial charge in [-0.15, -0.1) is 11.3 Å². The molecule has 1 amide bonds. The summed E-state index contributed by atoms with van der Waals surface area (Å²) in [6, 6.07) is 14.9. The predicted octanol–water partition coefficient (Wildman–Crippen LogP) is 4.98. The van der Waals surface area contributed by atoms with E-state index in [1.807, 2.05) is 53.9 Å². The summed E-state index contributed by atoms with van der Waals surface area (Å²) in [4.78, 5) is 16.6. The molecule has 24 heavy (non-hydrogen) atoms. The molecule has 0 unspecified atom stereocenters. The number of hydrogen-bond acceptors (Lipinski definition) is 3. The maximum Gasteiger partial charge on any atom is 0.226 e. The summed E-state index contributed by atoms with van der Waals surface area (Å²) in [5.41, 5.74) is 2.77. The lowest BCUT2D eigenvalue weighted by Crippen LogP contribution is -2.24. The Labute approximate surface area is 154 Å². The van der Waals surface area contributed by atoms with Gasteiger partial charge in [-0.3, -0.25) is 4.79 Å². The van der Waals surface area contributed by atoms with Gasteiger partial charge in [0.05, 0.1) is 12.1 Å². The molecule has 0 spiro atoms. The normalized spacial score (nSPS) is 10.6. The Morgan fingerprint density at radius 1 is 1.00 bits per heavy atom. The van der Waals surface area contributed by atoms with Gasteiger partial charge in [0.15, 0.2) is 0 Å². The minimum atomic E-state index is -0.0575. The molecule has 0 fully saturated rings. The highest BCUT2D eigenvalue weighted by Gasteiger charge is 2.09. The third kappa shape index (κ3) is 4.57. The standard InChI is InChI=1S/C18H14Cl2N2OS/c19-14-5-1-12(2-6-14)10-21-17(23)9-16-11-24-18(22-16)13-3-7-15(20)8-4-13/h1-8,11H,9-10H2,(H,21,23). The quantitative estimate of drug-likeness (QED) is 0.682. The van der Waals surface area contributed by atoms with E-state index in [2.05, 4.69) is 10.3 Å². The Morgan fingerprint density at radius 3 is 2.29 bits per heavy atom. The topological polar surface area (TPSA) is 42.0 Å². The molecule has 0 aliphatic rings. The zero-order valence-corrected chi connectivity index (χ0v) is 15.0. The first-order valence-electron chi connectivity index (χ1n) is 7.31. The van der Waals surface area contributed by atoms with Crippen molar-refractivity contribution in [2.24, 2.45) is 0 Å². The Morgan fingerprint density at radius 2 is 1.62 bits per heavy atom. The van der Waals surface area contributed by atoms with Crippen molar-refractivity contribution < 1.29 is 4.79 Å². The van der Waals surface area contributed by atoms with Crippen LogP contribution in [0.3, 0.4) is 0 Å². The average Bonchev–Trinajstić information content (AvgIpc) is 3.03. The third-order valence-corrected chi connectivity index (χ3v) is 4.83. The summed E-state index contributed by atoms with van der Waals surface area (Å²) in [7, 11) is 0. The Bertz CT molecular complexity index is 829. The van der Waals surface area contributed by atoms with Gasteiger partial charge in [0.1, 0.15) is 5.01 Å². The van der Waals surface area contributed by atoms with E-state index in [0.717, 1.165) is 21.8 Å². The van der Waals surface area contributed by atoms with E-state index in [9.17, 15) is 4.79 Å². The number of amides is 1. The lowest BCUT2D eigenvalue weighted by molar-refractivity contribution is -0.120. The molecule has 1 N–H and O–H groups in total. The van der Waals surface area contributed by atoms with Crippen LogP contribution in [0, 0.1) is 0 Å². The van der Waals surface area contributed by atoms with Gasteiger partial charge in [-0.25, -0.2) is 4.98 Å². The number of carbonyl (C=O) groups excluding carboxylic acids is 1. The van der Waals surface area contributed by atoms with Gasteiger partial charge in [0.2, 0.25) is 5.91 Å². The highest BCUT2D eigenvalue weighted by molar-refractivity contribution is 7.13. The van der Waals surface area contributed by atoms with Gasteiger partial charge in [-0.05, 0) is 29.8 Å². The smallest absolute Gasteiger partial charge is 0.226 e. The lowest BCUT2D eigenvalue weighted by atomic mass is 10.2. The van der Waals surface area contributed by atoms with Gasteiger partial charge < -0.3 is 5.32 Å². The molecule has 0 atom stereocenters. The van der Waals surface area contributed by atoms with Gasteiger partial charge >= 0.3 is 0 Å². The minimum absolute atomic E-state index is 0.0575. The molecule has 3 rings (SSSR count). The van der Waals surface area contributed by atoms with E-state index in [-0.39, 0.29) is 12.3 Å². The maximum atomic E-state index is 12.1. The molecular weight excluding hydrogens is 363 g/mol. The fourth-order valence-corrected chi connectivity index (χ4v) is 3.22. The van der Waals surface area contributed by atoms with Crippen molar-refractivity contribution in [3.8, 4) is 10.6 Å². The van der Waals surface area contributed by atoms with Gasteiger partial charge in [-0.2, -0.15) is 0 Å². The van der Waals surface area contributed by atoms with Gasteiger partial charge in [0, 0.05) is 27.5 Å².